The maximum atomic E-state index is 11.9. The Kier molecular flexibility index (Phi) is 5.05. The third kappa shape index (κ3) is 4.00. The van der Waals surface area contributed by atoms with Gasteiger partial charge in [0.25, 0.3) is 0 Å². The van der Waals surface area contributed by atoms with Crippen molar-refractivity contribution in [2.75, 3.05) is 16.8 Å². The van der Waals surface area contributed by atoms with Crippen LogP contribution in [0.3, 0.4) is 0 Å². The number of aromatic nitrogens is 2. The van der Waals surface area contributed by atoms with E-state index in [1.165, 1.54) is 30.2 Å². The molecule has 2 rings (SSSR count). The van der Waals surface area contributed by atoms with Gasteiger partial charge >= 0.3 is 0 Å². The average Bonchev–Trinajstić information content (AvgIpc) is 2.42. The van der Waals surface area contributed by atoms with Crippen LogP contribution in [-0.4, -0.2) is 21.6 Å². The van der Waals surface area contributed by atoms with E-state index in [4.69, 9.17) is 28.9 Å². The van der Waals surface area contributed by atoms with E-state index in [1.54, 1.807) is 12.3 Å². The van der Waals surface area contributed by atoms with E-state index in [1.807, 2.05) is 0 Å². The number of anilines is 2. The maximum absolute atomic E-state index is 11.9. The van der Waals surface area contributed by atoms with Crippen LogP contribution in [0.25, 0.3) is 0 Å². The number of halogens is 2. The van der Waals surface area contributed by atoms with E-state index in [2.05, 4.69) is 15.3 Å². The highest BCUT2D eigenvalue weighted by molar-refractivity contribution is 7.99. The highest BCUT2D eigenvalue weighted by atomic mass is 35.5. The second-order valence-electron chi connectivity index (χ2n) is 3.74. The van der Waals surface area contributed by atoms with Gasteiger partial charge in [-0.05, 0) is 18.2 Å². The van der Waals surface area contributed by atoms with Gasteiger partial charge in [-0.15, -0.1) is 0 Å². The van der Waals surface area contributed by atoms with Crippen molar-refractivity contribution in [2.24, 2.45) is 0 Å². The van der Waals surface area contributed by atoms with Crippen molar-refractivity contribution in [2.45, 2.75) is 5.03 Å². The summed E-state index contributed by atoms with van der Waals surface area (Å²) in [4.78, 5) is 19.7. The summed E-state index contributed by atoms with van der Waals surface area (Å²) in [6.07, 6.45) is 3.04. The molecular formula is C12H10Cl2N4OS. The van der Waals surface area contributed by atoms with Gasteiger partial charge in [0.1, 0.15) is 6.33 Å². The Labute approximate surface area is 129 Å². The summed E-state index contributed by atoms with van der Waals surface area (Å²) in [5, 5.41) is 4.09. The molecule has 0 aliphatic rings. The van der Waals surface area contributed by atoms with Crippen molar-refractivity contribution in [3.63, 3.8) is 0 Å². The molecule has 1 heterocycles. The summed E-state index contributed by atoms with van der Waals surface area (Å²) >= 11 is 13.1. The quantitative estimate of drug-likeness (QED) is 0.512. The minimum Gasteiger partial charge on any atom is -0.397 e. The molecule has 1 amide bonds. The smallest absolute Gasteiger partial charge is 0.234 e. The molecule has 0 unspecified atom stereocenters. The topological polar surface area (TPSA) is 80.9 Å². The molecule has 20 heavy (non-hydrogen) atoms. The van der Waals surface area contributed by atoms with Crippen molar-refractivity contribution in [3.8, 4) is 0 Å². The van der Waals surface area contributed by atoms with E-state index < -0.39 is 0 Å². The summed E-state index contributed by atoms with van der Waals surface area (Å²) in [7, 11) is 0. The molecule has 0 saturated carbocycles. The number of nitrogens with one attached hydrogen (secondary N) is 1. The summed E-state index contributed by atoms with van der Waals surface area (Å²) in [5.41, 5.74) is 6.45. The lowest BCUT2D eigenvalue weighted by molar-refractivity contribution is -0.113. The zero-order valence-electron chi connectivity index (χ0n) is 10.1. The molecule has 0 aliphatic carbocycles. The number of hydrogen-bond donors (Lipinski definition) is 2. The van der Waals surface area contributed by atoms with Crippen molar-refractivity contribution in [1.82, 2.24) is 9.97 Å². The molecule has 8 heteroatoms. The Hall–Kier alpha value is -1.50. The van der Waals surface area contributed by atoms with Gasteiger partial charge in [-0.25, -0.2) is 9.97 Å². The Balaban J connectivity index is 1.98. The minimum absolute atomic E-state index is 0.190. The van der Waals surface area contributed by atoms with Crippen LogP contribution in [0.15, 0.2) is 35.7 Å². The number of nitrogens with zero attached hydrogens (tertiary/aromatic N) is 2. The van der Waals surface area contributed by atoms with Gasteiger partial charge < -0.3 is 11.1 Å². The first-order valence-corrected chi connectivity index (χ1v) is 7.23. The molecule has 0 atom stereocenters. The van der Waals surface area contributed by atoms with Gasteiger partial charge in [0.2, 0.25) is 5.91 Å². The SMILES string of the molecule is Nc1cc(Cl)cc(Cl)c1NC(=O)CSc1ccncn1. The van der Waals surface area contributed by atoms with Crippen LogP contribution in [0.4, 0.5) is 11.4 Å². The van der Waals surface area contributed by atoms with Gasteiger partial charge in [0.15, 0.2) is 0 Å². The molecule has 2 aromatic rings. The number of amides is 1. The Morgan fingerprint density at radius 3 is 2.85 bits per heavy atom. The van der Waals surface area contributed by atoms with Gasteiger partial charge in [-0.1, -0.05) is 35.0 Å². The second-order valence-corrected chi connectivity index (χ2v) is 5.58. The van der Waals surface area contributed by atoms with Crippen molar-refractivity contribution in [1.29, 1.82) is 0 Å². The molecule has 0 spiro atoms. The highest BCUT2D eigenvalue weighted by Gasteiger charge is 2.11. The number of thioether (sulfide) groups is 1. The number of carbonyl (C=O) groups excluding carboxylic acids is 1. The Bertz CT molecular complexity index is 601. The van der Waals surface area contributed by atoms with Gasteiger partial charge in [0, 0.05) is 11.2 Å². The first kappa shape index (κ1) is 14.9. The van der Waals surface area contributed by atoms with Crippen LogP contribution in [0.1, 0.15) is 0 Å². The van der Waals surface area contributed by atoms with E-state index >= 15 is 0 Å². The number of nitrogen functional groups attached to an aromatic ring is 1. The molecular weight excluding hydrogens is 319 g/mol. The summed E-state index contributed by atoms with van der Waals surface area (Å²) < 4.78 is 0. The predicted molar refractivity (Wildman–Crippen MR) is 82.3 cm³/mol. The maximum Gasteiger partial charge on any atom is 0.234 e. The van der Waals surface area contributed by atoms with Crippen LogP contribution in [0, 0.1) is 0 Å². The molecule has 1 aromatic carbocycles. The first-order valence-electron chi connectivity index (χ1n) is 5.49. The lowest BCUT2D eigenvalue weighted by atomic mass is 10.2. The number of rotatable bonds is 4. The van der Waals surface area contributed by atoms with E-state index in [9.17, 15) is 4.79 Å². The number of nitrogens with two attached hydrogens (primary N) is 1. The van der Waals surface area contributed by atoms with Gasteiger partial charge in [-0.3, -0.25) is 4.79 Å². The normalized spacial score (nSPS) is 10.3. The molecule has 0 saturated heterocycles. The Morgan fingerprint density at radius 1 is 1.40 bits per heavy atom. The van der Waals surface area contributed by atoms with Crippen molar-refractivity contribution in [3.05, 3.63) is 40.8 Å². The fourth-order valence-corrected chi connectivity index (χ4v) is 2.59. The third-order valence-corrected chi connectivity index (χ3v) is 3.72. The van der Waals surface area contributed by atoms with Crippen LogP contribution in [0.2, 0.25) is 10.0 Å². The van der Waals surface area contributed by atoms with Crippen LogP contribution < -0.4 is 11.1 Å². The minimum atomic E-state index is -0.232. The molecule has 0 bridgehead atoms. The lowest BCUT2D eigenvalue weighted by Crippen LogP contribution is -2.15. The van der Waals surface area contributed by atoms with E-state index in [0.717, 1.165) is 0 Å². The van der Waals surface area contributed by atoms with Crippen molar-refractivity contribution >= 4 is 52.2 Å². The van der Waals surface area contributed by atoms with E-state index in [-0.39, 0.29) is 11.7 Å². The molecule has 5 nitrogen and oxygen atoms in total. The third-order valence-electron chi connectivity index (χ3n) is 2.26. The summed E-state index contributed by atoms with van der Waals surface area (Å²) in [6, 6.07) is 4.77. The average molecular weight is 329 g/mol. The second kappa shape index (κ2) is 6.78. The van der Waals surface area contributed by atoms with Crippen LogP contribution in [0.5, 0.6) is 0 Å². The van der Waals surface area contributed by atoms with Crippen molar-refractivity contribution < 1.29 is 4.79 Å². The summed E-state index contributed by atoms with van der Waals surface area (Å²) in [6.45, 7) is 0. The molecule has 1 aromatic heterocycles. The molecule has 3 N–H and O–H groups in total. The zero-order valence-corrected chi connectivity index (χ0v) is 12.5. The number of benzene rings is 1. The molecule has 0 fully saturated rings. The number of hydrogen-bond acceptors (Lipinski definition) is 5. The largest absolute Gasteiger partial charge is 0.397 e. The molecule has 0 radical (unpaired) electrons. The first-order chi connectivity index (χ1) is 9.56. The lowest BCUT2D eigenvalue weighted by Gasteiger charge is -2.10. The van der Waals surface area contributed by atoms with Gasteiger partial charge in [0.05, 0.1) is 27.2 Å². The predicted octanol–water partition coefficient (Wildman–Crippen LogP) is 3.10. The fourth-order valence-electron chi connectivity index (χ4n) is 1.40. The Morgan fingerprint density at radius 2 is 2.20 bits per heavy atom. The molecule has 104 valence electrons. The standard InChI is InChI=1S/C12H10Cl2N4OS/c13-7-3-8(14)12(9(15)4-7)18-10(19)5-20-11-1-2-16-6-17-11/h1-4,6H,5,15H2,(H,18,19). The zero-order chi connectivity index (χ0) is 14.5. The van der Waals surface area contributed by atoms with Crippen LogP contribution in [-0.2, 0) is 4.79 Å². The summed E-state index contributed by atoms with van der Waals surface area (Å²) in [5.74, 6) is -0.0420. The number of carbonyl (C=O) groups is 1. The van der Waals surface area contributed by atoms with E-state index in [0.29, 0.717) is 26.4 Å². The van der Waals surface area contributed by atoms with Gasteiger partial charge in [-0.2, -0.15) is 0 Å². The monoisotopic (exact) mass is 328 g/mol. The van der Waals surface area contributed by atoms with Crippen LogP contribution >= 0.6 is 35.0 Å². The fraction of sp³-hybridized carbons (Fsp3) is 0.0833. The highest BCUT2D eigenvalue weighted by Crippen LogP contribution is 2.32. The molecule has 0 aliphatic heterocycles.